The minimum atomic E-state index is 0.288. The summed E-state index contributed by atoms with van der Waals surface area (Å²) >= 11 is 3.58. The van der Waals surface area contributed by atoms with Crippen LogP contribution in [0, 0.1) is 0 Å². The third-order valence-corrected chi connectivity index (χ3v) is 4.06. The maximum absolute atomic E-state index is 9.06. The summed E-state index contributed by atoms with van der Waals surface area (Å²) in [6.07, 6.45) is 0. The van der Waals surface area contributed by atoms with Crippen molar-refractivity contribution >= 4 is 33.6 Å². The second-order valence-electron chi connectivity index (χ2n) is 2.59. The Balaban J connectivity index is 2.17. The molecule has 0 unspecified atom stereocenters. The van der Waals surface area contributed by atoms with Gasteiger partial charge >= 0.3 is 0 Å². The summed E-state index contributed by atoms with van der Waals surface area (Å²) in [4.78, 5) is 4.43. The SMILES string of the molecule is Oc1ccc(N=C2SCCS2)cc1. The summed E-state index contributed by atoms with van der Waals surface area (Å²) in [5.41, 5.74) is 0.912. The molecule has 0 saturated carbocycles. The number of nitrogens with zero attached hydrogens (tertiary/aromatic N) is 1. The molecule has 0 bridgehead atoms. The highest BCUT2D eigenvalue weighted by molar-refractivity contribution is 8.41. The maximum Gasteiger partial charge on any atom is 0.130 e. The van der Waals surface area contributed by atoms with Gasteiger partial charge in [-0.15, -0.1) is 0 Å². The molecule has 0 amide bonds. The van der Waals surface area contributed by atoms with Gasteiger partial charge in [-0.2, -0.15) is 0 Å². The lowest BCUT2D eigenvalue weighted by atomic mass is 10.3. The van der Waals surface area contributed by atoms with Crippen molar-refractivity contribution in [3.63, 3.8) is 0 Å². The Morgan fingerprint density at radius 2 is 1.69 bits per heavy atom. The third-order valence-electron chi connectivity index (χ3n) is 1.60. The van der Waals surface area contributed by atoms with Gasteiger partial charge in [0.1, 0.15) is 10.1 Å². The molecule has 1 saturated heterocycles. The Morgan fingerprint density at radius 3 is 2.31 bits per heavy atom. The summed E-state index contributed by atoms with van der Waals surface area (Å²) in [5.74, 6) is 2.60. The maximum atomic E-state index is 9.06. The zero-order valence-electron chi connectivity index (χ0n) is 6.93. The van der Waals surface area contributed by atoms with Crippen LogP contribution in [0.3, 0.4) is 0 Å². The van der Waals surface area contributed by atoms with Gasteiger partial charge in [-0.1, -0.05) is 23.5 Å². The Bertz CT molecular complexity index is 313. The highest BCUT2D eigenvalue weighted by Gasteiger charge is 2.09. The summed E-state index contributed by atoms with van der Waals surface area (Å²) in [6.45, 7) is 0. The zero-order valence-corrected chi connectivity index (χ0v) is 8.57. The van der Waals surface area contributed by atoms with Crippen molar-refractivity contribution in [1.82, 2.24) is 0 Å². The topological polar surface area (TPSA) is 32.6 Å². The first kappa shape index (κ1) is 8.97. The highest BCUT2D eigenvalue weighted by Crippen LogP contribution is 2.29. The van der Waals surface area contributed by atoms with Gasteiger partial charge in [0.25, 0.3) is 0 Å². The summed E-state index contributed by atoms with van der Waals surface area (Å²) in [6, 6.07) is 6.96. The van der Waals surface area contributed by atoms with Crippen molar-refractivity contribution < 1.29 is 5.11 Å². The van der Waals surface area contributed by atoms with E-state index in [1.54, 1.807) is 35.7 Å². The van der Waals surface area contributed by atoms with E-state index < -0.39 is 0 Å². The molecule has 0 aliphatic carbocycles. The van der Waals surface area contributed by atoms with Gasteiger partial charge in [0, 0.05) is 11.5 Å². The van der Waals surface area contributed by atoms with Crippen LogP contribution >= 0.6 is 23.5 Å². The fourth-order valence-corrected chi connectivity index (χ4v) is 3.19. The molecular formula is C9H9NOS2. The number of benzene rings is 1. The number of aliphatic imine (C=N–C) groups is 1. The van der Waals surface area contributed by atoms with Gasteiger partial charge in [-0.25, -0.2) is 4.99 Å². The van der Waals surface area contributed by atoms with E-state index in [1.807, 2.05) is 12.1 Å². The van der Waals surface area contributed by atoms with Gasteiger partial charge in [0.2, 0.25) is 0 Å². The molecule has 1 aromatic carbocycles. The molecule has 0 radical (unpaired) electrons. The second kappa shape index (κ2) is 4.07. The van der Waals surface area contributed by atoms with Gasteiger partial charge in [0.15, 0.2) is 0 Å². The summed E-state index contributed by atoms with van der Waals surface area (Å²) < 4.78 is 1.13. The first-order chi connectivity index (χ1) is 6.34. The van der Waals surface area contributed by atoms with E-state index in [-0.39, 0.29) is 5.75 Å². The van der Waals surface area contributed by atoms with Crippen LogP contribution < -0.4 is 0 Å². The van der Waals surface area contributed by atoms with E-state index >= 15 is 0 Å². The average Bonchev–Trinajstić information content (AvgIpc) is 2.62. The molecule has 0 aromatic heterocycles. The Labute approximate surface area is 85.5 Å². The Hall–Kier alpha value is -0.610. The fourth-order valence-electron chi connectivity index (χ4n) is 0.997. The molecule has 0 atom stereocenters. The van der Waals surface area contributed by atoms with Crippen LogP contribution in [0.5, 0.6) is 5.75 Å². The summed E-state index contributed by atoms with van der Waals surface area (Å²) in [7, 11) is 0. The first-order valence-corrected chi connectivity index (χ1v) is 5.95. The quantitative estimate of drug-likeness (QED) is 0.775. The van der Waals surface area contributed by atoms with Gasteiger partial charge in [-0.3, -0.25) is 0 Å². The molecule has 1 aromatic rings. The zero-order chi connectivity index (χ0) is 9.10. The lowest BCUT2D eigenvalue weighted by Crippen LogP contribution is -1.74. The molecule has 1 aliphatic rings. The monoisotopic (exact) mass is 211 g/mol. The minimum absolute atomic E-state index is 0.288. The standard InChI is InChI=1S/C9H9NOS2/c11-8-3-1-7(2-4-8)10-9-12-5-6-13-9/h1-4,11H,5-6H2. The van der Waals surface area contributed by atoms with Gasteiger partial charge in [0.05, 0.1) is 5.69 Å². The van der Waals surface area contributed by atoms with Crippen LogP contribution in [-0.2, 0) is 0 Å². The van der Waals surface area contributed by atoms with Crippen molar-refractivity contribution in [1.29, 1.82) is 0 Å². The van der Waals surface area contributed by atoms with Crippen molar-refractivity contribution in [2.45, 2.75) is 0 Å². The van der Waals surface area contributed by atoms with Crippen LogP contribution in [0.25, 0.3) is 0 Å². The molecule has 1 aliphatic heterocycles. The predicted molar refractivity (Wildman–Crippen MR) is 60.1 cm³/mol. The van der Waals surface area contributed by atoms with Crippen LogP contribution in [0.15, 0.2) is 29.3 Å². The molecule has 0 spiro atoms. The van der Waals surface area contributed by atoms with Crippen LogP contribution in [-0.4, -0.2) is 21.0 Å². The molecule has 2 nitrogen and oxygen atoms in total. The second-order valence-corrected chi connectivity index (χ2v) is 5.02. The molecule has 1 heterocycles. The molecule has 68 valence electrons. The van der Waals surface area contributed by atoms with E-state index in [0.717, 1.165) is 21.6 Å². The highest BCUT2D eigenvalue weighted by atomic mass is 32.2. The smallest absolute Gasteiger partial charge is 0.130 e. The van der Waals surface area contributed by atoms with Crippen molar-refractivity contribution in [3.05, 3.63) is 24.3 Å². The number of phenolic OH excluding ortho intramolecular Hbond substituents is 1. The molecular weight excluding hydrogens is 202 g/mol. The number of hydrogen-bond acceptors (Lipinski definition) is 4. The van der Waals surface area contributed by atoms with Crippen LogP contribution in [0.2, 0.25) is 0 Å². The van der Waals surface area contributed by atoms with Crippen molar-refractivity contribution in [2.75, 3.05) is 11.5 Å². The number of hydrogen-bond donors (Lipinski definition) is 1. The van der Waals surface area contributed by atoms with E-state index in [9.17, 15) is 0 Å². The molecule has 1 fully saturated rings. The lowest BCUT2D eigenvalue weighted by molar-refractivity contribution is 0.475. The van der Waals surface area contributed by atoms with Crippen LogP contribution in [0.4, 0.5) is 5.69 Å². The average molecular weight is 211 g/mol. The number of thioether (sulfide) groups is 2. The van der Waals surface area contributed by atoms with E-state index in [2.05, 4.69) is 4.99 Å². The normalized spacial score (nSPS) is 16.2. The number of rotatable bonds is 1. The first-order valence-electron chi connectivity index (χ1n) is 3.98. The third kappa shape index (κ3) is 2.42. The summed E-state index contributed by atoms with van der Waals surface area (Å²) in [5, 5.41) is 9.06. The van der Waals surface area contributed by atoms with Gasteiger partial charge in [-0.05, 0) is 24.3 Å². The predicted octanol–water partition coefficient (Wildman–Crippen LogP) is 2.86. The molecule has 1 N–H and O–H groups in total. The Morgan fingerprint density at radius 1 is 1.08 bits per heavy atom. The van der Waals surface area contributed by atoms with E-state index in [4.69, 9.17) is 5.11 Å². The van der Waals surface area contributed by atoms with E-state index in [1.165, 1.54) is 0 Å². The number of aromatic hydroxyl groups is 1. The number of phenols is 1. The lowest BCUT2D eigenvalue weighted by Gasteiger charge is -1.95. The molecule has 13 heavy (non-hydrogen) atoms. The minimum Gasteiger partial charge on any atom is -0.508 e. The van der Waals surface area contributed by atoms with Crippen molar-refractivity contribution in [2.24, 2.45) is 4.99 Å². The largest absolute Gasteiger partial charge is 0.508 e. The fraction of sp³-hybridized carbons (Fsp3) is 0.222. The van der Waals surface area contributed by atoms with Gasteiger partial charge < -0.3 is 5.11 Å². The van der Waals surface area contributed by atoms with E-state index in [0.29, 0.717) is 0 Å². The molecule has 2 rings (SSSR count). The van der Waals surface area contributed by atoms with Crippen LogP contribution in [0.1, 0.15) is 0 Å². The van der Waals surface area contributed by atoms with Crippen molar-refractivity contribution in [3.8, 4) is 5.75 Å². The molecule has 4 heteroatoms. The Kier molecular flexibility index (Phi) is 2.80.